The van der Waals surface area contributed by atoms with Crippen molar-refractivity contribution in [3.05, 3.63) is 0 Å². The molecular weight excluding hydrogens is 182 g/mol. The van der Waals surface area contributed by atoms with E-state index in [1.165, 1.54) is 0 Å². The van der Waals surface area contributed by atoms with E-state index >= 15 is 0 Å². The number of carbonyl (C=O) groups is 1. The highest BCUT2D eigenvalue weighted by atomic mass is 16.6. The summed E-state index contributed by atoms with van der Waals surface area (Å²) in [6, 6.07) is 0. The minimum Gasteiger partial charge on any atom is -0.383 e. The third kappa shape index (κ3) is 4.15. The van der Waals surface area contributed by atoms with Gasteiger partial charge in [0.1, 0.15) is 6.10 Å². The van der Waals surface area contributed by atoms with Gasteiger partial charge < -0.3 is 31.3 Å². The summed E-state index contributed by atoms with van der Waals surface area (Å²) in [5.41, 5.74) is 4.66. The third-order valence-corrected chi connectivity index (χ3v) is 1.53. The Kier molecular flexibility index (Phi) is 4.24. The van der Waals surface area contributed by atoms with E-state index in [4.69, 9.17) is 25.5 Å². The summed E-state index contributed by atoms with van der Waals surface area (Å²) in [6.45, 7) is 0. The Hall–Kier alpha value is -0.730. The first-order valence-electron chi connectivity index (χ1n) is 3.55. The molecule has 0 aliphatic heterocycles. The fourth-order valence-corrected chi connectivity index (χ4v) is 0.621. The molecule has 0 aliphatic rings. The fraction of sp³-hybridized carbons (Fsp3) is 0.833. The maximum absolute atomic E-state index is 10.3. The van der Waals surface area contributed by atoms with Crippen LogP contribution in [0.25, 0.3) is 0 Å². The van der Waals surface area contributed by atoms with Gasteiger partial charge in [-0.2, -0.15) is 0 Å². The van der Waals surface area contributed by atoms with Gasteiger partial charge in [0.25, 0.3) is 0 Å². The molecule has 0 rings (SSSR count). The molecule has 0 saturated heterocycles. The molecule has 0 spiro atoms. The molecule has 0 heterocycles. The van der Waals surface area contributed by atoms with Crippen LogP contribution < -0.4 is 5.73 Å². The average Bonchev–Trinajstić information content (AvgIpc) is 1.99. The first-order chi connectivity index (χ1) is 5.77. The second kappa shape index (κ2) is 4.49. The Labute approximate surface area is 74.0 Å². The van der Waals surface area contributed by atoms with Crippen molar-refractivity contribution in [3.8, 4) is 0 Å². The van der Waals surface area contributed by atoms with E-state index in [0.717, 1.165) is 0 Å². The van der Waals surface area contributed by atoms with Crippen molar-refractivity contribution in [3.63, 3.8) is 0 Å². The van der Waals surface area contributed by atoms with Crippen molar-refractivity contribution in [2.45, 2.75) is 31.0 Å². The van der Waals surface area contributed by atoms with Crippen LogP contribution in [0.1, 0.15) is 12.8 Å². The minimum atomic E-state index is -2.74. The Morgan fingerprint density at radius 3 is 2.08 bits per heavy atom. The van der Waals surface area contributed by atoms with Crippen molar-refractivity contribution in [1.29, 1.82) is 0 Å². The van der Waals surface area contributed by atoms with E-state index in [2.05, 4.69) is 5.73 Å². The molecule has 0 aromatic carbocycles. The molecule has 0 aromatic rings. The summed E-state index contributed by atoms with van der Waals surface area (Å²) in [4.78, 5) is 10.3. The largest absolute Gasteiger partial charge is 0.383 e. The highest BCUT2D eigenvalue weighted by Crippen LogP contribution is 2.13. The number of primary amides is 1. The summed E-state index contributed by atoms with van der Waals surface area (Å²) in [6.07, 6.45) is -4.82. The number of amides is 1. The van der Waals surface area contributed by atoms with Gasteiger partial charge >= 0.3 is 0 Å². The smallest absolute Gasteiger partial charge is 0.246 e. The van der Waals surface area contributed by atoms with Gasteiger partial charge in [-0.15, -0.1) is 0 Å². The van der Waals surface area contributed by atoms with Gasteiger partial charge in [-0.25, -0.2) is 0 Å². The van der Waals surface area contributed by atoms with Crippen LogP contribution in [-0.4, -0.2) is 49.6 Å². The molecule has 0 aromatic heterocycles. The van der Waals surface area contributed by atoms with Crippen LogP contribution in [0.15, 0.2) is 0 Å². The maximum atomic E-state index is 10.3. The Morgan fingerprint density at radius 1 is 1.31 bits per heavy atom. The highest BCUT2D eigenvalue weighted by molar-refractivity contribution is 5.78. The first-order valence-corrected chi connectivity index (χ1v) is 3.55. The number of carbonyl (C=O) groups excluding carboxylic acids is 1. The highest BCUT2D eigenvalue weighted by Gasteiger charge is 2.32. The van der Waals surface area contributed by atoms with E-state index in [-0.39, 0.29) is 6.42 Å². The second-order valence-electron chi connectivity index (χ2n) is 2.71. The van der Waals surface area contributed by atoms with Gasteiger partial charge in [-0.1, -0.05) is 0 Å². The molecule has 0 saturated carbocycles. The third-order valence-electron chi connectivity index (χ3n) is 1.53. The van der Waals surface area contributed by atoms with Crippen molar-refractivity contribution < 1.29 is 30.3 Å². The number of nitrogens with two attached hydrogens (primary N) is 1. The standard InChI is InChI=1S/C6H13NO6/c7-4(9)3(8)1-2-6(12,13)5(10)11/h3,5,8,10-13H,1-2H2,(H2,7,9). The van der Waals surface area contributed by atoms with Crippen LogP contribution in [-0.2, 0) is 4.79 Å². The number of aliphatic hydroxyl groups excluding tert-OH is 2. The molecule has 78 valence electrons. The van der Waals surface area contributed by atoms with E-state index in [1.54, 1.807) is 0 Å². The molecule has 0 radical (unpaired) electrons. The SMILES string of the molecule is NC(=O)C(O)CCC(O)(O)C(O)O. The molecule has 0 aliphatic carbocycles. The van der Waals surface area contributed by atoms with Gasteiger partial charge in [-0.3, -0.25) is 4.79 Å². The molecule has 1 unspecified atom stereocenters. The Balaban J connectivity index is 3.95. The number of hydrogen-bond donors (Lipinski definition) is 6. The molecule has 7 nitrogen and oxygen atoms in total. The number of aliphatic hydroxyl groups is 5. The normalized spacial score (nSPS) is 14.6. The average molecular weight is 195 g/mol. The first kappa shape index (κ1) is 12.3. The summed E-state index contributed by atoms with van der Waals surface area (Å²) < 4.78 is 0. The molecular formula is C6H13NO6. The van der Waals surface area contributed by atoms with Crippen LogP contribution in [0.2, 0.25) is 0 Å². The van der Waals surface area contributed by atoms with Crippen molar-refractivity contribution in [2.75, 3.05) is 0 Å². The van der Waals surface area contributed by atoms with E-state index in [9.17, 15) is 4.79 Å². The van der Waals surface area contributed by atoms with Crippen LogP contribution in [0.3, 0.4) is 0 Å². The molecule has 13 heavy (non-hydrogen) atoms. The summed E-state index contributed by atoms with van der Waals surface area (Å²) in [5.74, 6) is -3.75. The van der Waals surface area contributed by atoms with Gasteiger partial charge in [-0.05, 0) is 6.42 Å². The zero-order valence-corrected chi connectivity index (χ0v) is 6.79. The lowest BCUT2D eigenvalue weighted by Crippen LogP contribution is -2.43. The Bertz CT molecular complexity index is 180. The van der Waals surface area contributed by atoms with E-state index in [1.807, 2.05) is 0 Å². The topological polar surface area (TPSA) is 144 Å². The van der Waals surface area contributed by atoms with Crippen molar-refractivity contribution in [2.24, 2.45) is 5.73 Å². The van der Waals surface area contributed by atoms with Gasteiger partial charge in [0, 0.05) is 6.42 Å². The summed E-state index contributed by atoms with van der Waals surface area (Å²) in [5, 5.41) is 43.2. The van der Waals surface area contributed by atoms with Gasteiger partial charge in [0.05, 0.1) is 0 Å². The fourth-order valence-electron chi connectivity index (χ4n) is 0.621. The lowest BCUT2D eigenvalue weighted by molar-refractivity contribution is -0.293. The van der Waals surface area contributed by atoms with E-state index < -0.39 is 30.5 Å². The molecule has 0 fully saturated rings. The molecule has 1 atom stereocenters. The zero-order chi connectivity index (χ0) is 10.6. The molecule has 7 N–H and O–H groups in total. The predicted octanol–water partition coefficient (Wildman–Crippen LogP) is -3.40. The maximum Gasteiger partial charge on any atom is 0.246 e. The van der Waals surface area contributed by atoms with Crippen molar-refractivity contribution >= 4 is 5.91 Å². The molecule has 7 heteroatoms. The van der Waals surface area contributed by atoms with Crippen LogP contribution in [0.5, 0.6) is 0 Å². The number of rotatable bonds is 5. The molecule has 1 amide bonds. The van der Waals surface area contributed by atoms with Crippen molar-refractivity contribution in [1.82, 2.24) is 0 Å². The number of hydrogen-bond acceptors (Lipinski definition) is 6. The van der Waals surface area contributed by atoms with E-state index in [0.29, 0.717) is 0 Å². The van der Waals surface area contributed by atoms with Gasteiger partial charge in [0.2, 0.25) is 18.0 Å². The van der Waals surface area contributed by atoms with Crippen LogP contribution in [0.4, 0.5) is 0 Å². The minimum absolute atomic E-state index is 0.361. The Morgan fingerprint density at radius 2 is 1.77 bits per heavy atom. The monoisotopic (exact) mass is 195 g/mol. The lowest BCUT2D eigenvalue weighted by Gasteiger charge is -2.23. The lowest BCUT2D eigenvalue weighted by atomic mass is 10.1. The van der Waals surface area contributed by atoms with Crippen LogP contribution >= 0.6 is 0 Å². The van der Waals surface area contributed by atoms with Gasteiger partial charge in [0.15, 0.2) is 0 Å². The zero-order valence-electron chi connectivity index (χ0n) is 6.79. The second-order valence-corrected chi connectivity index (χ2v) is 2.71. The quantitative estimate of drug-likeness (QED) is 0.252. The van der Waals surface area contributed by atoms with Crippen LogP contribution in [0, 0.1) is 0 Å². The molecule has 0 bridgehead atoms. The summed E-state index contributed by atoms with van der Waals surface area (Å²) >= 11 is 0. The summed E-state index contributed by atoms with van der Waals surface area (Å²) in [7, 11) is 0. The predicted molar refractivity (Wildman–Crippen MR) is 39.8 cm³/mol.